The summed E-state index contributed by atoms with van der Waals surface area (Å²) >= 11 is 0. The van der Waals surface area contributed by atoms with E-state index in [1.807, 2.05) is 18.7 Å². The summed E-state index contributed by atoms with van der Waals surface area (Å²) in [6.07, 6.45) is 0. The number of carbonyl (C=O) groups is 3. The molecule has 208 valence electrons. The van der Waals surface area contributed by atoms with E-state index in [0.29, 0.717) is 60.9 Å². The van der Waals surface area contributed by atoms with Crippen LogP contribution < -0.4 is 10.1 Å². The number of methoxy groups -OCH3 is 1. The van der Waals surface area contributed by atoms with Crippen LogP contribution in [0.2, 0.25) is 0 Å². The summed E-state index contributed by atoms with van der Waals surface area (Å²) in [5.41, 5.74) is 2.06. The molecule has 2 atom stereocenters. The number of ether oxygens (including phenoxy) is 2. The molecule has 39 heavy (non-hydrogen) atoms. The maximum absolute atomic E-state index is 13.6. The Morgan fingerprint density at radius 2 is 1.74 bits per heavy atom. The van der Waals surface area contributed by atoms with Crippen LogP contribution in [0.4, 0.5) is 9.18 Å². The second kappa shape index (κ2) is 12.3. The number of benzene rings is 2. The minimum Gasteiger partial charge on any atom is -0.497 e. The number of amides is 3. The Morgan fingerprint density at radius 1 is 1.05 bits per heavy atom. The molecule has 2 unspecified atom stereocenters. The summed E-state index contributed by atoms with van der Waals surface area (Å²) in [6.45, 7) is 8.02. The first kappa shape index (κ1) is 28.1. The van der Waals surface area contributed by atoms with Crippen molar-refractivity contribution in [2.75, 3.05) is 46.4 Å². The molecule has 0 bridgehead atoms. The summed E-state index contributed by atoms with van der Waals surface area (Å²) in [5, 5.41) is 2.89. The van der Waals surface area contributed by atoms with E-state index in [4.69, 9.17) is 9.47 Å². The summed E-state index contributed by atoms with van der Waals surface area (Å²) in [4.78, 5) is 45.1. The molecular weight excluding hydrogens is 503 g/mol. The van der Waals surface area contributed by atoms with Crippen LogP contribution in [0.25, 0.3) is 0 Å². The van der Waals surface area contributed by atoms with Crippen molar-refractivity contribution in [1.82, 2.24) is 20.0 Å². The second-order valence-electron chi connectivity index (χ2n) is 9.57. The fourth-order valence-electron chi connectivity index (χ4n) is 5.15. The number of hydrogen-bond donors (Lipinski definition) is 1. The monoisotopic (exact) mass is 538 g/mol. The van der Waals surface area contributed by atoms with E-state index in [2.05, 4.69) is 10.2 Å². The van der Waals surface area contributed by atoms with Crippen LogP contribution in [0, 0.1) is 5.82 Å². The van der Waals surface area contributed by atoms with E-state index in [1.54, 1.807) is 55.3 Å². The van der Waals surface area contributed by atoms with Crippen LogP contribution in [-0.2, 0) is 9.53 Å². The highest BCUT2D eigenvalue weighted by Crippen LogP contribution is 2.32. The molecule has 10 heteroatoms. The molecule has 0 radical (unpaired) electrons. The molecule has 0 spiro atoms. The molecule has 2 aliphatic rings. The van der Waals surface area contributed by atoms with E-state index in [-0.39, 0.29) is 24.6 Å². The fourth-order valence-corrected chi connectivity index (χ4v) is 5.15. The Morgan fingerprint density at radius 3 is 2.33 bits per heavy atom. The lowest BCUT2D eigenvalue weighted by molar-refractivity contribution is -0.139. The van der Waals surface area contributed by atoms with E-state index in [1.165, 1.54) is 12.1 Å². The number of piperazine rings is 1. The van der Waals surface area contributed by atoms with Crippen LogP contribution in [0.3, 0.4) is 0 Å². The van der Waals surface area contributed by atoms with Gasteiger partial charge in [0.25, 0.3) is 5.91 Å². The van der Waals surface area contributed by atoms with Gasteiger partial charge >= 0.3 is 12.0 Å². The standard InChI is InChI=1S/C29H35FN4O5/c1-5-33-24(25(28(36)39-6-2)26(31-29(33)37)20-7-11-22(30)12-8-20)18-32-15-16-34(19(3)17-32)27(35)21-9-13-23(38-4)14-10-21/h7-14,19,26H,5-6,15-18H2,1-4H3,(H,31,37). The van der Waals surface area contributed by atoms with Gasteiger partial charge in [0.2, 0.25) is 0 Å². The highest BCUT2D eigenvalue weighted by Gasteiger charge is 2.39. The third kappa shape index (κ3) is 6.06. The van der Waals surface area contributed by atoms with Gasteiger partial charge in [-0.1, -0.05) is 12.1 Å². The first-order valence-electron chi connectivity index (χ1n) is 13.2. The third-order valence-electron chi connectivity index (χ3n) is 7.14. The number of carbonyl (C=O) groups excluding carboxylic acids is 3. The van der Waals surface area contributed by atoms with Gasteiger partial charge < -0.3 is 19.7 Å². The third-order valence-corrected chi connectivity index (χ3v) is 7.14. The molecular formula is C29H35FN4O5. The van der Waals surface area contributed by atoms with Crippen LogP contribution in [0.1, 0.15) is 42.7 Å². The Bertz CT molecular complexity index is 1230. The number of esters is 1. The Hall–Kier alpha value is -3.92. The van der Waals surface area contributed by atoms with E-state index in [9.17, 15) is 18.8 Å². The Labute approximate surface area is 228 Å². The van der Waals surface area contributed by atoms with Gasteiger partial charge in [-0.3, -0.25) is 14.6 Å². The van der Waals surface area contributed by atoms with Crippen molar-refractivity contribution < 1.29 is 28.2 Å². The molecule has 3 amide bonds. The minimum absolute atomic E-state index is 0.0557. The molecule has 2 aromatic rings. The Kier molecular flexibility index (Phi) is 8.86. The summed E-state index contributed by atoms with van der Waals surface area (Å²) < 4.78 is 24.2. The highest BCUT2D eigenvalue weighted by atomic mass is 19.1. The maximum atomic E-state index is 13.6. The molecule has 0 aromatic heterocycles. The molecule has 2 aliphatic heterocycles. The largest absolute Gasteiger partial charge is 0.497 e. The van der Waals surface area contributed by atoms with Crippen molar-refractivity contribution in [1.29, 1.82) is 0 Å². The predicted molar refractivity (Wildman–Crippen MR) is 144 cm³/mol. The average molecular weight is 539 g/mol. The zero-order chi connectivity index (χ0) is 28.1. The van der Waals surface area contributed by atoms with E-state index < -0.39 is 17.8 Å². The number of nitrogens with zero attached hydrogens (tertiary/aromatic N) is 3. The molecule has 1 saturated heterocycles. The second-order valence-corrected chi connectivity index (χ2v) is 9.57. The lowest BCUT2D eigenvalue weighted by Gasteiger charge is -2.43. The van der Waals surface area contributed by atoms with Gasteiger partial charge in [0, 0.05) is 50.0 Å². The number of urea groups is 1. The molecule has 0 saturated carbocycles. The van der Waals surface area contributed by atoms with Gasteiger partial charge in [-0.25, -0.2) is 14.0 Å². The summed E-state index contributed by atoms with van der Waals surface area (Å²) in [6, 6.07) is 11.6. The van der Waals surface area contributed by atoms with E-state index >= 15 is 0 Å². The zero-order valence-corrected chi connectivity index (χ0v) is 22.8. The number of rotatable bonds is 8. The first-order chi connectivity index (χ1) is 18.8. The van der Waals surface area contributed by atoms with Crippen molar-refractivity contribution in [2.24, 2.45) is 0 Å². The number of halogens is 1. The molecule has 0 aliphatic carbocycles. The molecule has 2 aromatic carbocycles. The lowest BCUT2D eigenvalue weighted by Crippen LogP contribution is -2.56. The summed E-state index contributed by atoms with van der Waals surface area (Å²) in [7, 11) is 1.58. The van der Waals surface area contributed by atoms with Crippen LogP contribution in [0.5, 0.6) is 5.75 Å². The molecule has 2 heterocycles. The van der Waals surface area contributed by atoms with Crippen molar-refractivity contribution in [3.63, 3.8) is 0 Å². The van der Waals surface area contributed by atoms with Crippen LogP contribution in [0.15, 0.2) is 59.8 Å². The lowest BCUT2D eigenvalue weighted by atomic mass is 9.94. The van der Waals surface area contributed by atoms with Gasteiger partial charge in [0.05, 0.1) is 25.3 Å². The Balaban J connectivity index is 1.60. The van der Waals surface area contributed by atoms with Gasteiger partial charge in [0.1, 0.15) is 11.6 Å². The summed E-state index contributed by atoms with van der Waals surface area (Å²) in [5.74, 6) is -0.304. The van der Waals surface area contributed by atoms with Crippen molar-refractivity contribution in [3.05, 3.63) is 76.7 Å². The van der Waals surface area contributed by atoms with Crippen molar-refractivity contribution in [3.8, 4) is 5.75 Å². The van der Waals surface area contributed by atoms with Crippen LogP contribution >= 0.6 is 0 Å². The number of hydrogen-bond acceptors (Lipinski definition) is 6. The van der Waals surface area contributed by atoms with Crippen molar-refractivity contribution >= 4 is 17.9 Å². The van der Waals surface area contributed by atoms with Gasteiger partial charge in [-0.2, -0.15) is 0 Å². The fraction of sp³-hybridized carbons (Fsp3) is 0.414. The SMILES string of the molecule is CCOC(=O)C1=C(CN2CCN(C(=O)c3ccc(OC)cc3)C(C)C2)N(CC)C(=O)NC1c1ccc(F)cc1. The van der Waals surface area contributed by atoms with Gasteiger partial charge in [-0.05, 0) is 62.7 Å². The highest BCUT2D eigenvalue weighted by molar-refractivity contribution is 5.95. The first-order valence-corrected chi connectivity index (χ1v) is 13.2. The molecule has 1 fully saturated rings. The minimum atomic E-state index is -0.773. The maximum Gasteiger partial charge on any atom is 0.338 e. The number of likely N-dealkylation sites (N-methyl/N-ethyl adjacent to an activating group) is 1. The average Bonchev–Trinajstić information content (AvgIpc) is 2.93. The predicted octanol–water partition coefficient (Wildman–Crippen LogP) is 3.58. The topological polar surface area (TPSA) is 91.4 Å². The van der Waals surface area contributed by atoms with Gasteiger partial charge in [-0.15, -0.1) is 0 Å². The quantitative estimate of drug-likeness (QED) is 0.517. The number of nitrogens with one attached hydrogen (secondary N) is 1. The van der Waals surface area contributed by atoms with Crippen molar-refractivity contribution in [2.45, 2.75) is 32.9 Å². The van der Waals surface area contributed by atoms with Gasteiger partial charge in [0.15, 0.2) is 0 Å². The van der Waals surface area contributed by atoms with Crippen LogP contribution in [-0.4, -0.2) is 85.1 Å². The zero-order valence-electron chi connectivity index (χ0n) is 22.8. The van der Waals surface area contributed by atoms with E-state index in [0.717, 1.165) is 0 Å². The molecule has 1 N–H and O–H groups in total. The molecule has 9 nitrogen and oxygen atoms in total. The smallest absolute Gasteiger partial charge is 0.338 e. The normalized spacial score (nSPS) is 20.1. The molecule has 4 rings (SSSR count).